The lowest BCUT2D eigenvalue weighted by molar-refractivity contribution is -0.134. The van der Waals surface area contributed by atoms with Gasteiger partial charge >= 0.3 is 0 Å². The van der Waals surface area contributed by atoms with E-state index in [0.29, 0.717) is 29.0 Å². The fraction of sp³-hybridized carbons (Fsp3) is 0.833. The van der Waals surface area contributed by atoms with Gasteiger partial charge in [0, 0.05) is 24.8 Å². The lowest BCUT2D eigenvalue weighted by atomic mass is 9.44. The van der Waals surface area contributed by atoms with Crippen molar-refractivity contribution in [1.82, 2.24) is 5.32 Å². The average Bonchev–Trinajstić information content (AvgIpc) is 3.29. The van der Waals surface area contributed by atoms with Gasteiger partial charge < -0.3 is 10.2 Å². The Labute approximate surface area is 169 Å². The van der Waals surface area contributed by atoms with Crippen LogP contribution in [0.1, 0.15) is 71.6 Å². The number of fused-ring (bicyclic) bond motifs is 5. The van der Waals surface area contributed by atoms with E-state index in [2.05, 4.69) is 30.9 Å². The zero-order valence-electron chi connectivity index (χ0n) is 17.6. The van der Waals surface area contributed by atoms with Crippen molar-refractivity contribution in [3.05, 3.63) is 12.2 Å². The summed E-state index contributed by atoms with van der Waals surface area (Å²) in [6.07, 6.45) is 9.96. The van der Waals surface area contributed by atoms with Crippen molar-refractivity contribution in [1.29, 1.82) is 0 Å². The molecule has 4 nitrogen and oxygen atoms in total. The minimum Gasteiger partial charge on any atom is -0.391 e. The van der Waals surface area contributed by atoms with E-state index in [1.165, 1.54) is 24.1 Å². The van der Waals surface area contributed by atoms with Crippen LogP contribution in [0.2, 0.25) is 0 Å². The van der Waals surface area contributed by atoms with Crippen molar-refractivity contribution in [2.24, 2.45) is 39.7 Å². The molecule has 4 heteroatoms. The van der Waals surface area contributed by atoms with E-state index >= 15 is 0 Å². The Hall–Kier alpha value is -1.16. The van der Waals surface area contributed by atoms with Crippen molar-refractivity contribution >= 4 is 11.5 Å². The first kappa shape index (κ1) is 18.8. The molecule has 1 aliphatic heterocycles. The third-order valence-electron chi connectivity index (χ3n) is 9.52. The summed E-state index contributed by atoms with van der Waals surface area (Å²) in [6, 6.07) is 0. The molecule has 0 unspecified atom stereocenters. The molecule has 5 aliphatic rings. The number of carbonyl (C=O) groups is 1. The molecule has 0 bridgehead atoms. The number of carbonyl (C=O) groups excluding carboxylic acids is 1. The number of allylic oxidation sites excluding steroid dienone is 1. The van der Waals surface area contributed by atoms with E-state index in [4.69, 9.17) is 4.84 Å². The fourth-order valence-electron chi connectivity index (χ4n) is 7.77. The lowest BCUT2D eigenvalue weighted by Gasteiger charge is -2.60. The number of Topliss-reactive ketones (excluding diaryl/α,β-unsaturated/α-hetero) is 1. The molecule has 5 fully saturated rings. The van der Waals surface area contributed by atoms with Crippen LogP contribution in [0, 0.1) is 34.5 Å². The summed E-state index contributed by atoms with van der Waals surface area (Å²) in [6.45, 7) is 11.3. The third-order valence-corrected chi connectivity index (χ3v) is 9.52. The summed E-state index contributed by atoms with van der Waals surface area (Å²) < 4.78 is 0. The Morgan fingerprint density at radius 3 is 2.75 bits per heavy atom. The van der Waals surface area contributed by atoms with Crippen molar-refractivity contribution in [3.63, 3.8) is 0 Å². The second-order valence-electron chi connectivity index (χ2n) is 10.8. The molecule has 4 aliphatic carbocycles. The molecule has 0 aromatic rings. The number of hydrogen-bond donors (Lipinski definition) is 1. The molecule has 1 heterocycles. The molecule has 0 spiro atoms. The van der Waals surface area contributed by atoms with Crippen LogP contribution < -0.4 is 5.32 Å². The van der Waals surface area contributed by atoms with Gasteiger partial charge in [-0.25, -0.2) is 0 Å². The van der Waals surface area contributed by atoms with Crippen LogP contribution in [0.25, 0.3) is 0 Å². The molecule has 0 aromatic heterocycles. The summed E-state index contributed by atoms with van der Waals surface area (Å²) in [5, 5.41) is 7.93. The number of oxime groups is 1. The minimum atomic E-state index is -0.0465. The van der Waals surface area contributed by atoms with Gasteiger partial charge in [0.1, 0.15) is 11.9 Å². The lowest BCUT2D eigenvalue weighted by Crippen LogP contribution is -2.54. The average molecular weight is 385 g/mol. The highest BCUT2D eigenvalue weighted by atomic mass is 16.6. The van der Waals surface area contributed by atoms with Crippen LogP contribution >= 0.6 is 0 Å². The topological polar surface area (TPSA) is 50.7 Å². The van der Waals surface area contributed by atoms with Gasteiger partial charge in [-0.2, -0.15) is 0 Å². The van der Waals surface area contributed by atoms with Crippen molar-refractivity contribution < 1.29 is 9.63 Å². The Morgan fingerprint density at radius 1 is 1.11 bits per heavy atom. The van der Waals surface area contributed by atoms with Crippen LogP contribution in [0.3, 0.4) is 0 Å². The first-order valence-electron chi connectivity index (χ1n) is 11.5. The molecular weight excluding hydrogens is 348 g/mol. The second-order valence-corrected chi connectivity index (χ2v) is 10.8. The number of ketones is 1. The van der Waals surface area contributed by atoms with Gasteiger partial charge in [0.2, 0.25) is 0 Å². The van der Waals surface area contributed by atoms with Crippen LogP contribution in [-0.4, -0.2) is 30.7 Å². The quantitative estimate of drug-likeness (QED) is 0.563. The first-order chi connectivity index (χ1) is 13.4. The normalized spacial score (nSPS) is 49.6. The maximum atomic E-state index is 12.6. The van der Waals surface area contributed by atoms with E-state index in [1.807, 2.05) is 0 Å². The smallest absolute Gasteiger partial charge is 0.141 e. The number of nitrogens with one attached hydrogen (secondary N) is 1. The maximum absolute atomic E-state index is 12.6. The molecule has 5 rings (SSSR count). The molecule has 154 valence electrons. The standard InChI is InChI=1S/C24H36N2O2/c1-15-12-18-19-4-5-22(27)24(19,3)10-7-20(18)23(2)9-6-16(13-21(15)23)26-28-17-8-11-25-14-17/h17-21,25H,1,4-14H2,2-3H3/b26-16-/t17-,18+,19+,20+,21+,23-,24+/m1/s1. The Kier molecular flexibility index (Phi) is 4.50. The molecule has 7 atom stereocenters. The molecule has 0 radical (unpaired) electrons. The number of hydrogen-bond acceptors (Lipinski definition) is 4. The number of nitrogens with zero attached hydrogens (tertiary/aromatic N) is 1. The van der Waals surface area contributed by atoms with Crippen molar-refractivity contribution in [3.8, 4) is 0 Å². The highest BCUT2D eigenvalue weighted by molar-refractivity contribution is 5.87. The van der Waals surface area contributed by atoms with Crippen molar-refractivity contribution in [2.75, 3.05) is 13.1 Å². The van der Waals surface area contributed by atoms with Crippen LogP contribution in [-0.2, 0) is 9.63 Å². The molecule has 1 saturated heterocycles. The Bertz CT molecular complexity index is 709. The van der Waals surface area contributed by atoms with Crippen LogP contribution in [0.4, 0.5) is 0 Å². The summed E-state index contributed by atoms with van der Waals surface area (Å²) in [4.78, 5) is 18.5. The van der Waals surface area contributed by atoms with E-state index in [0.717, 1.165) is 64.0 Å². The number of rotatable bonds is 2. The zero-order chi connectivity index (χ0) is 19.5. The van der Waals surface area contributed by atoms with Gasteiger partial charge in [0.25, 0.3) is 0 Å². The minimum absolute atomic E-state index is 0.0465. The van der Waals surface area contributed by atoms with E-state index in [-0.39, 0.29) is 11.5 Å². The molecule has 0 aromatic carbocycles. The Balaban J connectivity index is 1.35. The maximum Gasteiger partial charge on any atom is 0.141 e. The summed E-state index contributed by atoms with van der Waals surface area (Å²) in [5.74, 6) is 3.06. The highest BCUT2D eigenvalue weighted by Crippen LogP contribution is 2.66. The summed E-state index contributed by atoms with van der Waals surface area (Å²) in [5.41, 5.74) is 2.93. The van der Waals surface area contributed by atoms with E-state index in [1.54, 1.807) is 0 Å². The second kappa shape index (κ2) is 6.68. The largest absolute Gasteiger partial charge is 0.391 e. The Morgan fingerprint density at radius 2 is 1.96 bits per heavy atom. The van der Waals surface area contributed by atoms with Gasteiger partial charge in [0.05, 0.1) is 5.71 Å². The predicted molar refractivity (Wildman–Crippen MR) is 111 cm³/mol. The van der Waals surface area contributed by atoms with Gasteiger partial charge in [-0.15, -0.1) is 0 Å². The van der Waals surface area contributed by atoms with Gasteiger partial charge in [0.15, 0.2) is 0 Å². The van der Waals surface area contributed by atoms with E-state index in [9.17, 15) is 4.79 Å². The molecule has 0 amide bonds. The molecule has 28 heavy (non-hydrogen) atoms. The summed E-state index contributed by atoms with van der Waals surface area (Å²) in [7, 11) is 0. The van der Waals surface area contributed by atoms with E-state index < -0.39 is 0 Å². The van der Waals surface area contributed by atoms with Crippen molar-refractivity contribution in [2.45, 2.75) is 77.7 Å². The van der Waals surface area contributed by atoms with Gasteiger partial charge in [-0.3, -0.25) is 4.79 Å². The molecule has 1 N–H and O–H groups in total. The van der Waals surface area contributed by atoms with Gasteiger partial charge in [-0.05, 0) is 80.6 Å². The fourth-order valence-corrected chi connectivity index (χ4v) is 7.77. The van der Waals surface area contributed by atoms with Gasteiger partial charge in [-0.1, -0.05) is 31.2 Å². The van der Waals surface area contributed by atoms with Crippen LogP contribution in [0.15, 0.2) is 17.3 Å². The summed E-state index contributed by atoms with van der Waals surface area (Å²) >= 11 is 0. The zero-order valence-corrected chi connectivity index (χ0v) is 17.6. The SMILES string of the molecule is C=C1C[C@@H]2[C@H](CC[C@]3(C)C(=O)CC[C@@H]23)[C@@]2(C)CC/C(=N/O[C@@H]3CCNC3)C[C@@H]12. The monoisotopic (exact) mass is 384 g/mol. The third kappa shape index (κ3) is 2.74. The molecule has 4 saturated carbocycles. The van der Waals surface area contributed by atoms with Crippen LogP contribution in [0.5, 0.6) is 0 Å². The highest BCUT2D eigenvalue weighted by Gasteiger charge is 2.60. The molecular formula is C24H36N2O2. The first-order valence-corrected chi connectivity index (χ1v) is 11.5. The predicted octanol–water partition coefficient (Wildman–Crippen LogP) is 4.50.